The van der Waals surface area contributed by atoms with E-state index < -0.39 is 16.8 Å². The van der Waals surface area contributed by atoms with Gasteiger partial charge in [0.25, 0.3) is 0 Å². The molecular formula is C13H19NO3S. The van der Waals surface area contributed by atoms with Crippen molar-refractivity contribution >= 4 is 16.8 Å². The average molecular weight is 269 g/mol. The Kier molecular flexibility index (Phi) is 6.01. The van der Waals surface area contributed by atoms with E-state index in [0.29, 0.717) is 11.5 Å². The summed E-state index contributed by atoms with van der Waals surface area (Å²) in [4.78, 5) is 12.7. The van der Waals surface area contributed by atoms with Gasteiger partial charge in [0.1, 0.15) is 0 Å². The van der Waals surface area contributed by atoms with Gasteiger partial charge in [0, 0.05) is 22.3 Å². The molecule has 18 heavy (non-hydrogen) atoms. The molecule has 0 bridgehead atoms. The quantitative estimate of drug-likeness (QED) is 0.816. The monoisotopic (exact) mass is 269 g/mol. The SMILES string of the molecule is CN(C)CCCS(=O)Cc1ccc(C(=O)O)cc1. The number of carbonyl (C=O) groups is 1. The molecule has 1 N–H and O–H groups in total. The molecule has 1 rings (SSSR count). The second kappa shape index (κ2) is 7.28. The molecule has 4 nitrogen and oxygen atoms in total. The molecule has 0 spiro atoms. The fraction of sp³-hybridized carbons (Fsp3) is 0.462. The van der Waals surface area contributed by atoms with Gasteiger partial charge in [-0.2, -0.15) is 0 Å². The summed E-state index contributed by atoms with van der Waals surface area (Å²) >= 11 is 0. The summed E-state index contributed by atoms with van der Waals surface area (Å²) in [6.07, 6.45) is 0.910. The zero-order valence-electron chi connectivity index (χ0n) is 10.8. The molecule has 0 heterocycles. The van der Waals surface area contributed by atoms with Crippen LogP contribution in [0.4, 0.5) is 0 Å². The normalized spacial score (nSPS) is 12.6. The molecule has 0 aromatic heterocycles. The van der Waals surface area contributed by atoms with Crippen molar-refractivity contribution in [1.29, 1.82) is 0 Å². The van der Waals surface area contributed by atoms with Crippen LogP contribution in [0.2, 0.25) is 0 Å². The van der Waals surface area contributed by atoms with Gasteiger partial charge in [-0.25, -0.2) is 4.79 Å². The molecule has 1 aromatic carbocycles. The zero-order chi connectivity index (χ0) is 13.5. The highest BCUT2D eigenvalue weighted by atomic mass is 32.2. The fourth-order valence-electron chi connectivity index (χ4n) is 1.54. The molecule has 1 atom stereocenters. The number of rotatable bonds is 7. The number of nitrogens with zero attached hydrogens (tertiary/aromatic N) is 1. The van der Waals surface area contributed by atoms with Crippen molar-refractivity contribution in [2.45, 2.75) is 12.2 Å². The van der Waals surface area contributed by atoms with Crippen molar-refractivity contribution in [3.63, 3.8) is 0 Å². The van der Waals surface area contributed by atoms with Gasteiger partial charge < -0.3 is 10.0 Å². The predicted octanol–water partition coefficient (Wildman–Crippen LogP) is 1.59. The number of aromatic carboxylic acids is 1. The van der Waals surface area contributed by atoms with Crippen LogP contribution in [0.25, 0.3) is 0 Å². The minimum Gasteiger partial charge on any atom is -0.478 e. The van der Waals surface area contributed by atoms with Gasteiger partial charge in [0.15, 0.2) is 0 Å². The molecule has 0 saturated carbocycles. The number of carboxylic acid groups (broad SMARTS) is 1. The van der Waals surface area contributed by atoms with Crippen molar-refractivity contribution in [2.24, 2.45) is 0 Å². The lowest BCUT2D eigenvalue weighted by molar-refractivity contribution is 0.0697. The minimum atomic E-state index is -0.936. The molecular weight excluding hydrogens is 250 g/mol. The Labute approximate surface area is 110 Å². The average Bonchev–Trinajstić information content (AvgIpc) is 2.29. The molecule has 0 fully saturated rings. The van der Waals surface area contributed by atoms with E-state index in [1.807, 2.05) is 14.1 Å². The molecule has 0 saturated heterocycles. The van der Waals surface area contributed by atoms with Crippen LogP contribution in [0.3, 0.4) is 0 Å². The molecule has 0 radical (unpaired) electrons. The maximum absolute atomic E-state index is 11.8. The zero-order valence-corrected chi connectivity index (χ0v) is 11.6. The topological polar surface area (TPSA) is 57.6 Å². The van der Waals surface area contributed by atoms with Crippen molar-refractivity contribution in [3.8, 4) is 0 Å². The molecule has 0 amide bonds. The highest BCUT2D eigenvalue weighted by molar-refractivity contribution is 7.84. The fourth-order valence-corrected chi connectivity index (χ4v) is 2.70. The van der Waals surface area contributed by atoms with Gasteiger partial charge in [-0.3, -0.25) is 4.21 Å². The largest absolute Gasteiger partial charge is 0.478 e. The minimum absolute atomic E-state index is 0.261. The van der Waals surface area contributed by atoms with E-state index in [0.717, 1.165) is 18.5 Å². The van der Waals surface area contributed by atoms with Crippen LogP contribution in [0.1, 0.15) is 22.3 Å². The number of benzene rings is 1. The van der Waals surface area contributed by atoms with Gasteiger partial charge >= 0.3 is 5.97 Å². The first-order valence-electron chi connectivity index (χ1n) is 5.81. The number of hydrogen-bond donors (Lipinski definition) is 1. The molecule has 1 aromatic rings. The third-order valence-electron chi connectivity index (χ3n) is 2.51. The van der Waals surface area contributed by atoms with Gasteiger partial charge in [-0.15, -0.1) is 0 Å². The van der Waals surface area contributed by atoms with Crippen LogP contribution in [-0.2, 0) is 16.6 Å². The second-order valence-electron chi connectivity index (χ2n) is 4.45. The Balaban J connectivity index is 2.42. The molecule has 0 aliphatic heterocycles. The lowest BCUT2D eigenvalue weighted by Crippen LogP contribution is -2.15. The van der Waals surface area contributed by atoms with Crippen LogP contribution in [0.15, 0.2) is 24.3 Å². The van der Waals surface area contributed by atoms with Gasteiger partial charge in [-0.05, 0) is 44.8 Å². The van der Waals surface area contributed by atoms with E-state index in [1.54, 1.807) is 24.3 Å². The van der Waals surface area contributed by atoms with Gasteiger partial charge in [0.05, 0.1) is 5.56 Å². The molecule has 5 heteroatoms. The van der Waals surface area contributed by atoms with E-state index in [4.69, 9.17) is 5.11 Å². The Morgan fingerprint density at radius 1 is 1.28 bits per heavy atom. The molecule has 0 aliphatic rings. The van der Waals surface area contributed by atoms with Crippen LogP contribution >= 0.6 is 0 Å². The van der Waals surface area contributed by atoms with Crippen molar-refractivity contribution < 1.29 is 14.1 Å². The second-order valence-corrected chi connectivity index (χ2v) is 6.02. The standard InChI is InChI=1S/C13H19NO3S/c1-14(2)8-3-9-18(17)10-11-4-6-12(7-5-11)13(15)16/h4-7H,3,8-10H2,1-2H3,(H,15,16). The van der Waals surface area contributed by atoms with E-state index in [-0.39, 0.29) is 5.56 Å². The lowest BCUT2D eigenvalue weighted by Gasteiger charge is -2.08. The van der Waals surface area contributed by atoms with Crippen molar-refractivity contribution in [1.82, 2.24) is 4.90 Å². The summed E-state index contributed by atoms with van der Waals surface area (Å²) in [5, 5.41) is 8.76. The van der Waals surface area contributed by atoms with Crippen LogP contribution in [-0.4, -0.2) is 46.6 Å². The van der Waals surface area contributed by atoms with Crippen LogP contribution in [0, 0.1) is 0 Å². The maximum Gasteiger partial charge on any atom is 0.335 e. The summed E-state index contributed by atoms with van der Waals surface area (Å²) in [5.41, 5.74) is 1.18. The van der Waals surface area contributed by atoms with Crippen LogP contribution < -0.4 is 0 Å². The summed E-state index contributed by atoms with van der Waals surface area (Å²) in [6.45, 7) is 0.934. The number of hydrogen-bond acceptors (Lipinski definition) is 3. The molecule has 1 unspecified atom stereocenters. The van der Waals surface area contributed by atoms with E-state index in [9.17, 15) is 9.00 Å². The van der Waals surface area contributed by atoms with Crippen molar-refractivity contribution in [2.75, 3.05) is 26.4 Å². The summed E-state index contributed by atoms with van der Waals surface area (Å²) in [6, 6.07) is 6.56. The first kappa shape index (κ1) is 14.9. The Morgan fingerprint density at radius 2 is 1.89 bits per heavy atom. The van der Waals surface area contributed by atoms with E-state index >= 15 is 0 Å². The Hall–Kier alpha value is -1.20. The lowest BCUT2D eigenvalue weighted by atomic mass is 10.1. The third-order valence-corrected chi connectivity index (χ3v) is 3.91. The Bertz CT molecular complexity index is 415. The maximum atomic E-state index is 11.8. The van der Waals surface area contributed by atoms with E-state index in [2.05, 4.69) is 4.90 Å². The summed E-state index contributed by atoms with van der Waals surface area (Å²) in [5.74, 6) is 0.236. The van der Waals surface area contributed by atoms with E-state index in [1.165, 1.54) is 0 Å². The first-order chi connectivity index (χ1) is 8.49. The van der Waals surface area contributed by atoms with Gasteiger partial charge in [0.2, 0.25) is 0 Å². The molecule has 100 valence electrons. The first-order valence-corrected chi connectivity index (χ1v) is 7.30. The third kappa shape index (κ3) is 5.42. The number of carboxylic acids is 1. The summed E-state index contributed by atoms with van der Waals surface area (Å²) < 4.78 is 11.8. The highest BCUT2D eigenvalue weighted by Crippen LogP contribution is 2.07. The Morgan fingerprint density at radius 3 is 2.39 bits per heavy atom. The smallest absolute Gasteiger partial charge is 0.335 e. The predicted molar refractivity (Wildman–Crippen MR) is 73.3 cm³/mol. The van der Waals surface area contributed by atoms with Crippen LogP contribution in [0.5, 0.6) is 0 Å². The highest BCUT2D eigenvalue weighted by Gasteiger charge is 2.05. The summed E-state index contributed by atoms with van der Waals surface area (Å²) in [7, 11) is 3.11. The van der Waals surface area contributed by atoms with Crippen molar-refractivity contribution in [3.05, 3.63) is 35.4 Å². The molecule has 0 aliphatic carbocycles. The van der Waals surface area contributed by atoms with Gasteiger partial charge in [-0.1, -0.05) is 12.1 Å².